The normalized spacial score (nSPS) is 23.2. The Hall–Kier alpha value is -1.49. The van der Waals surface area contributed by atoms with Crippen LogP contribution < -0.4 is 10.7 Å². The first-order valence-corrected chi connectivity index (χ1v) is 7.60. The lowest BCUT2D eigenvalue weighted by molar-refractivity contribution is 0.308. The van der Waals surface area contributed by atoms with Gasteiger partial charge in [0.05, 0.1) is 11.4 Å². The van der Waals surface area contributed by atoms with Crippen molar-refractivity contribution in [2.75, 3.05) is 0 Å². The number of rotatable bonds is 3. The van der Waals surface area contributed by atoms with Crippen LogP contribution in [0.3, 0.4) is 0 Å². The highest BCUT2D eigenvalue weighted by Gasteiger charge is 2.21. The Morgan fingerprint density at radius 3 is 2.85 bits per heavy atom. The summed E-state index contributed by atoms with van der Waals surface area (Å²) in [5, 5.41) is 8.25. The van der Waals surface area contributed by atoms with Crippen LogP contribution in [0.2, 0.25) is 0 Å². The minimum atomic E-state index is 0.467. The fraction of sp³-hybridized carbons (Fsp3) is 0.533. The van der Waals surface area contributed by atoms with Crippen LogP contribution in [0, 0.1) is 5.92 Å². The first-order valence-electron chi connectivity index (χ1n) is 7.19. The van der Waals surface area contributed by atoms with Crippen LogP contribution in [-0.2, 0) is 0 Å². The molecule has 0 aliphatic heterocycles. The van der Waals surface area contributed by atoms with Crippen LogP contribution in [-0.4, -0.2) is 21.8 Å². The van der Waals surface area contributed by atoms with E-state index in [1.165, 1.54) is 25.7 Å². The number of hydrogen-bond acceptors (Lipinski definition) is 3. The van der Waals surface area contributed by atoms with Crippen molar-refractivity contribution in [3.8, 4) is 0 Å². The number of pyridine rings is 1. The first-order chi connectivity index (χ1) is 9.66. The van der Waals surface area contributed by atoms with Crippen molar-refractivity contribution >= 4 is 23.0 Å². The van der Waals surface area contributed by atoms with Gasteiger partial charge in [-0.05, 0) is 50.0 Å². The summed E-state index contributed by atoms with van der Waals surface area (Å²) in [5.74, 6) is 0.671. The number of nitrogens with one attached hydrogen (secondary N) is 2. The number of thiocarbonyl (C=S) groups is 1. The maximum absolute atomic E-state index is 5.31. The van der Waals surface area contributed by atoms with E-state index in [1.807, 2.05) is 25.1 Å². The van der Waals surface area contributed by atoms with Crippen molar-refractivity contribution < 1.29 is 0 Å². The molecule has 2 atom stereocenters. The number of hydrogen-bond donors (Lipinski definition) is 2. The Labute approximate surface area is 126 Å². The summed E-state index contributed by atoms with van der Waals surface area (Å²) in [7, 11) is 0. The van der Waals surface area contributed by atoms with Crippen molar-refractivity contribution in [1.82, 2.24) is 15.7 Å². The van der Waals surface area contributed by atoms with Gasteiger partial charge >= 0.3 is 0 Å². The molecule has 0 radical (unpaired) electrons. The highest BCUT2D eigenvalue weighted by Crippen LogP contribution is 2.23. The molecule has 0 saturated heterocycles. The van der Waals surface area contributed by atoms with Crippen LogP contribution in [0.4, 0.5) is 0 Å². The molecule has 20 heavy (non-hydrogen) atoms. The molecule has 0 unspecified atom stereocenters. The van der Waals surface area contributed by atoms with E-state index in [4.69, 9.17) is 12.2 Å². The molecule has 1 saturated carbocycles. The lowest BCUT2D eigenvalue weighted by Crippen LogP contribution is -2.44. The Morgan fingerprint density at radius 2 is 2.15 bits per heavy atom. The van der Waals surface area contributed by atoms with Crippen molar-refractivity contribution in [3.63, 3.8) is 0 Å². The van der Waals surface area contributed by atoms with Crippen LogP contribution in [0.1, 0.15) is 45.2 Å². The molecule has 1 aliphatic rings. The van der Waals surface area contributed by atoms with Gasteiger partial charge in [-0.25, -0.2) is 0 Å². The second kappa shape index (κ2) is 7.33. The summed E-state index contributed by atoms with van der Waals surface area (Å²) < 4.78 is 0. The SMILES string of the molecule is C/C(=N/NC(=S)N[C@@H]1CCCC[C@H]1C)c1ccccn1. The molecular weight excluding hydrogens is 268 g/mol. The molecule has 1 fully saturated rings. The maximum Gasteiger partial charge on any atom is 0.187 e. The van der Waals surface area contributed by atoms with E-state index in [2.05, 4.69) is 27.8 Å². The summed E-state index contributed by atoms with van der Waals surface area (Å²) in [5.41, 5.74) is 4.60. The zero-order valence-electron chi connectivity index (χ0n) is 12.1. The van der Waals surface area contributed by atoms with Crippen molar-refractivity contribution in [2.45, 2.75) is 45.6 Å². The maximum atomic E-state index is 5.31. The van der Waals surface area contributed by atoms with Crippen LogP contribution in [0.15, 0.2) is 29.5 Å². The van der Waals surface area contributed by atoms with E-state index >= 15 is 0 Å². The van der Waals surface area contributed by atoms with Gasteiger partial charge in [-0.3, -0.25) is 10.4 Å². The standard InChI is InChI=1S/C15H22N4S/c1-11-7-3-4-8-13(11)17-15(20)19-18-12(2)14-9-5-6-10-16-14/h5-6,9-11,13H,3-4,7-8H2,1-2H3,(H2,17,19,20)/b18-12-/t11-,13-/m1/s1. The first kappa shape index (κ1) is 14.9. The lowest BCUT2D eigenvalue weighted by Gasteiger charge is -2.30. The highest BCUT2D eigenvalue weighted by molar-refractivity contribution is 7.80. The molecule has 1 heterocycles. The fourth-order valence-electron chi connectivity index (χ4n) is 2.50. The van der Waals surface area contributed by atoms with E-state index in [-0.39, 0.29) is 0 Å². The summed E-state index contributed by atoms with van der Waals surface area (Å²) in [6.07, 6.45) is 6.83. The third-order valence-electron chi connectivity index (χ3n) is 3.79. The van der Waals surface area contributed by atoms with E-state index in [1.54, 1.807) is 6.20 Å². The molecule has 2 rings (SSSR count). The van der Waals surface area contributed by atoms with Gasteiger partial charge in [-0.15, -0.1) is 0 Å². The molecule has 1 aromatic heterocycles. The Bertz CT molecular complexity index is 472. The lowest BCUT2D eigenvalue weighted by atomic mass is 9.86. The number of aromatic nitrogens is 1. The number of hydrazone groups is 1. The van der Waals surface area contributed by atoms with Gasteiger partial charge in [0.1, 0.15) is 0 Å². The quantitative estimate of drug-likeness (QED) is 0.510. The summed E-state index contributed by atoms with van der Waals surface area (Å²) in [4.78, 5) is 4.25. The third-order valence-corrected chi connectivity index (χ3v) is 4.00. The molecule has 2 N–H and O–H groups in total. The van der Waals surface area contributed by atoms with E-state index in [0.29, 0.717) is 17.1 Å². The van der Waals surface area contributed by atoms with Crippen LogP contribution in [0.25, 0.3) is 0 Å². The predicted molar refractivity (Wildman–Crippen MR) is 86.7 cm³/mol. The van der Waals surface area contributed by atoms with Gasteiger partial charge in [0.25, 0.3) is 0 Å². The molecule has 0 bridgehead atoms. The molecule has 1 aliphatic carbocycles. The van der Waals surface area contributed by atoms with Gasteiger partial charge in [0, 0.05) is 12.2 Å². The molecule has 4 nitrogen and oxygen atoms in total. The second-order valence-electron chi connectivity index (χ2n) is 5.37. The molecule has 0 amide bonds. The molecule has 108 valence electrons. The zero-order valence-corrected chi connectivity index (χ0v) is 12.9. The van der Waals surface area contributed by atoms with Crippen molar-refractivity contribution in [3.05, 3.63) is 30.1 Å². The smallest absolute Gasteiger partial charge is 0.187 e. The van der Waals surface area contributed by atoms with Crippen molar-refractivity contribution in [1.29, 1.82) is 0 Å². The van der Waals surface area contributed by atoms with Gasteiger partial charge in [0.2, 0.25) is 0 Å². The van der Waals surface area contributed by atoms with Gasteiger partial charge < -0.3 is 5.32 Å². The van der Waals surface area contributed by atoms with Gasteiger partial charge in [0.15, 0.2) is 5.11 Å². The summed E-state index contributed by atoms with van der Waals surface area (Å²) in [6, 6.07) is 6.23. The third kappa shape index (κ3) is 4.27. The molecule has 0 spiro atoms. The predicted octanol–water partition coefficient (Wildman–Crippen LogP) is 2.85. The molecule has 5 heteroatoms. The van der Waals surface area contributed by atoms with E-state index in [0.717, 1.165) is 11.4 Å². The Balaban J connectivity index is 1.85. The Kier molecular flexibility index (Phi) is 5.47. The number of nitrogens with zero attached hydrogens (tertiary/aromatic N) is 2. The highest BCUT2D eigenvalue weighted by atomic mass is 32.1. The Morgan fingerprint density at radius 1 is 1.35 bits per heavy atom. The van der Waals surface area contributed by atoms with E-state index < -0.39 is 0 Å². The average Bonchev–Trinajstić information content (AvgIpc) is 2.48. The molecule has 1 aromatic rings. The van der Waals surface area contributed by atoms with E-state index in [9.17, 15) is 0 Å². The van der Waals surface area contributed by atoms with Gasteiger partial charge in [-0.2, -0.15) is 5.10 Å². The largest absolute Gasteiger partial charge is 0.358 e. The summed E-state index contributed by atoms with van der Waals surface area (Å²) in [6.45, 7) is 4.20. The minimum Gasteiger partial charge on any atom is -0.358 e. The fourth-order valence-corrected chi connectivity index (χ4v) is 2.70. The molecule has 0 aromatic carbocycles. The van der Waals surface area contributed by atoms with Gasteiger partial charge in [-0.1, -0.05) is 25.8 Å². The summed E-state index contributed by atoms with van der Waals surface area (Å²) >= 11 is 5.31. The van der Waals surface area contributed by atoms with Crippen LogP contribution in [0.5, 0.6) is 0 Å². The monoisotopic (exact) mass is 290 g/mol. The second-order valence-corrected chi connectivity index (χ2v) is 5.77. The topological polar surface area (TPSA) is 49.3 Å². The average molecular weight is 290 g/mol. The van der Waals surface area contributed by atoms with Crippen LogP contribution >= 0.6 is 12.2 Å². The zero-order chi connectivity index (χ0) is 14.4. The van der Waals surface area contributed by atoms with Crippen molar-refractivity contribution in [2.24, 2.45) is 11.0 Å². The minimum absolute atomic E-state index is 0.467. The molecular formula is C15H22N4S.